The molecule has 3 fully saturated rings. The number of rotatable bonds is 4. The van der Waals surface area contributed by atoms with Crippen LogP contribution < -0.4 is 0 Å². The first-order valence-electron chi connectivity index (χ1n) is 8.08. The van der Waals surface area contributed by atoms with E-state index >= 15 is 0 Å². The van der Waals surface area contributed by atoms with Gasteiger partial charge in [-0.15, -0.1) is 11.8 Å². The van der Waals surface area contributed by atoms with Gasteiger partial charge in [0, 0.05) is 37.2 Å². The van der Waals surface area contributed by atoms with E-state index in [0.717, 1.165) is 31.7 Å². The molecule has 4 rings (SSSR count). The van der Waals surface area contributed by atoms with Crippen LogP contribution >= 0.6 is 11.8 Å². The number of nitrogens with zero attached hydrogens (tertiary/aromatic N) is 2. The lowest BCUT2D eigenvalue weighted by atomic mass is 9.92. The quantitative estimate of drug-likeness (QED) is 0.854. The van der Waals surface area contributed by atoms with Gasteiger partial charge in [-0.1, -0.05) is 6.92 Å². The predicted octanol–water partition coefficient (Wildman–Crippen LogP) is 2.34. The summed E-state index contributed by atoms with van der Waals surface area (Å²) in [6.07, 6.45) is 6.09. The molecular formula is C17H22N2O2S. The van der Waals surface area contributed by atoms with E-state index < -0.39 is 0 Å². The van der Waals surface area contributed by atoms with Gasteiger partial charge in [0.15, 0.2) is 0 Å². The van der Waals surface area contributed by atoms with Crippen molar-refractivity contribution < 1.29 is 9.53 Å². The number of amides is 1. The molecule has 1 spiro atoms. The molecule has 3 heterocycles. The monoisotopic (exact) mass is 318 g/mol. The topological polar surface area (TPSA) is 42.4 Å². The molecule has 2 saturated heterocycles. The lowest BCUT2D eigenvalue weighted by Crippen LogP contribution is -2.61. The summed E-state index contributed by atoms with van der Waals surface area (Å²) in [5.41, 5.74) is 1.18. The minimum Gasteiger partial charge on any atom is -0.373 e. The molecule has 2 aliphatic heterocycles. The lowest BCUT2D eigenvalue weighted by molar-refractivity contribution is -0.138. The van der Waals surface area contributed by atoms with E-state index in [1.165, 1.54) is 5.56 Å². The highest BCUT2D eigenvalue weighted by Crippen LogP contribution is 2.48. The van der Waals surface area contributed by atoms with E-state index in [0.29, 0.717) is 30.5 Å². The number of likely N-dealkylation sites (tertiary alicyclic amines) is 1. The van der Waals surface area contributed by atoms with Crippen molar-refractivity contribution in [3.8, 4) is 0 Å². The Bertz CT molecular complexity index is 559. The Morgan fingerprint density at radius 1 is 1.45 bits per heavy atom. The van der Waals surface area contributed by atoms with Crippen LogP contribution in [0.5, 0.6) is 0 Å². The maximum absolute atomic E-state index is 12.2. The molecule has 4 nitrogen and oxygen atoms in total. The van der Waals surface area contributed by atoms with Crippen molar-refractivity contribution in [3.05, 3.63) is 30.1 Å². The van der Waals surface area contributed by atoms with Crippen molar-refractivity contribution in [1.82, 2.24) is 9.88 Å². The van der Waals surface area contributed by atoms with Gasteiger partial charge >= 0.3 is 0 Å². The zero-order valence-electron chi connectivity index (χ0n) is 12.9. The summed E-state index contributed by atoms with van der Waals surface area (Å²) in [5, 5.41) is 0. The molecule has 22 heavy (non-hydrogen) atoms. The maximum Gasteiger partial charge on any atom is 0.226 e. The highest BCUT2D eigenvalue weighted by Gasteiger charge is 2.53. The van der Waals surface area contributed by atoms with Gasteiger partial charge in [0.2, 0.25) is 5.91 Å². The largest absolute Gasteiger partial charge is 0.373 e. The summed E-state index contributed by atoms with van der Waals surface area (Å²) < 4.78 is 6.32. The number of carbonyl (C=O) groups excluding carboxylic acids is 1. The van der Waals surface area contributed by atoms with Crippen LogP contribution in [0.2, 0.25) is 0 Å². The van der Waals surface area contributed by atoms with Crippen molar-refractivity contribution in [2.24, 2.45) is 11.8 Å². The Balaban J connectivity index is 1.24. The number of ether oxygens (including phenoxy) is 1. The van der Waals surface area contributed by atoms with Crippen LogP contribution in [0, 0.1) is 11.8 Å². The van der Waals surface area contributed by atoms with Crippen LogP contribution in [0.25, 0.3) is 0 Å². The molecule has 1 aliphatic carbocycles. The molecule has 118 valence electrons. The Morgan fingerprint density at radius 2 is 2.18 bits per heavy atom. The smallest absolute Gasteiger partial charge is 0.226 e. The molecule has 3 unspecified atom stereocenters. The zero-order chi connectivity index (χ0) is 15.2. The van der Waals surface area contributed by atoms with Gasteiger partial charge in [0.25, 0.3) is 0 Å². The number of hydrogen-bond donors (Lipinski definition) is 0. The van der Waals surface area contributed by atoms with Crippen molar-refractivity contribution in [3.63, 3.8) is 0 Å². The minimum atomic E-state index is 0.275. The molecule has 3 atom stereocenters. The standard InChI is InChI=1S/C17H22N2O2S/c1-12-6-15(12)16(20)19-10-17(11-19)7-14(9-22-17)21-8-13-2-4-18-5-3-13/h2-5,12,14-15H,6-11H2,1H3. The number of hydrogen-bond acceptors (Lipinski definition) is 4. The Kier molecular flexibility index (Phi) is 3.65. The molecule has 5 heteroatoms. The summed E-state index contributed by atoms with van der Waals surface area (Å²) in [5.74, 6) is 2.37. The van der Waals surface area contributed by atoms with E-state index in [4.69, 9.17) is 4.74 Å². The normalized spacial score (nSPS) is 32.0. The third-order valence-corrected chi connectivity index (χ3v) is 6.68. The molecule has 0 N–H and O–H groups in total. The van der Waals surface area contributed by atoms with Crippen molar-refractivity contribution in [1.29, 1.82) is 0 Å². The average Bonchev–Trinajstić information content (AvgIpc) is 3.08. The van der Waals surface area contributed by atoms with E-state index in [-0.39, 0.29) is 4.75 Å². The van der Waals surface area contributed by atoms with Crippen LogP contribution in [0.3, 0.4) is 0 Å². The number of thioether (sulfide) groups is 1. The van der Waals surface area contributed by atoms with Crippen molar-refractivity contribution in [2.75, 3.05) is 18.8 Å². The fourth-order valence-corrected chi connectivity index (χ4v) is 5.08. The summed E-state index contributed by atoms with van der Waals surface area (Å²) in [6, 6.07) is 4.00. The fourth-order valence-electron chi connectivity index (χ4n) is 3.53. The Hall–Kier alpha value is -1.07. The summed E-state index contributed by atoms with van der Waals surface area (Å²) >= 11 is 2.00. The SMILES string of the molecule is CC1CC1C(=O)N1CC2(CC(OCc3ccncc3)CS2)C1. The van der Waals surface area contributed by atoms with E-state index in [2.05, 4.69) is 16.8 Å². The van der Waals surface area contributed by atoms with Crippen LogP contribution in [0.1, 0.15) is 25.3 Å². The fraction of sp³-hybridized carbons (Fsp3) is 0.647. The minimum absolute atomic E-state index is 0.275. The average molecular weight is 318 g/mol. The van der Waals surface area contributed by atoms with Gasteiger partial charge < -0.3 is 9.64 Å². The number of aromatic nitrogens is 1. The van der Waals surface area contributed by atoms with E-state index in [9.17, 15) is 4.79 Å². The van der Waals surface area contributed by atoms with Gasteiger partial charge in [0.05, 0.1) is 17.5 Å². The summed E-state index contributed by atoms with van der Waals surface area (Å²) in [7, 11) is 0. The van der Waals surface area contributed by atoms with Crippen LogP contribution in [-0.2, 0) is 16.1 Å². The van der Waals surface area contributed by atoms with Crippen LogP contribution in [0.15, 0.2) is 24.5 Å². The zero-order valence-corrected chi connectivity index (χ0v) is 13.7. The van der Waals surface area contributed by atoms with Crippen LogP contribution in [-0.4, -0.2) is 45.5 Å². The summed E-state index contributed by atoms with van der Waals surface area (Å²) in [4.78, 5) is 18.3. The van der Waals surface area contributed by atoms with Crippen molar-refractivity contribution in [2.45, 2.75) is 37.2 Å². The van der Waals surface area contributed by atoms with Gasteiger partial charge in [-0.05, 0) is 36.5 Å². The number of pyridine rings is 1. The van der Waals surface area contributed by atoms with Crippen molar-refractivity contribution >= 4 is 17.7 Å². The van der Waals surface area contributed by atoms with Gasteiger partial charge in [-0.3, -0.25) is 9.78 Å². The molecule has 1 aromatic rings. The second kappa shape index (κ2) is 5.53. The molecule has 0 radical (unpaired) electrons. The molecule has 1 amide bonds. The van der Waals surface area contributed by atoms with E-state index in [1.807, 2.05) is 23.9 Å². The number of carbonyl (C=O) groups is 1. The molecule has 1 saturated carbocycles. The molecule has 3 aliphatic rings. The van der Waals surface area contributed by atoms with Gasteiger partial charge in [-0.25, -0.2) is 0 Å². The Labute approximate surface area is 135 Å². The molecule has 1 aromatic heterocycles. The second-order valence-corrected chi connectivity index (χ2v) is 8.49. The first-order valence-corrected chi connectivity index (χ1v) is 9.07. The molecule has 0 aromatic carbocycles. The highest BCUT2D eigenvalue weighted by atomic mass is 32.2. The first-order chi connectivity index (χ1) is 10.7. The Morgan fingerprint density at radius 3 is 2.86 bits per heavy atom. The molecular weight excluding hydrogens is 296 g/mol. The van der Waals surface area contributed by atoms with Gasteiger partial charge in [0.1, 0.15) is 0 Å². The molecule has 0 bridgehead atoms. The third-order valence-electron chi connectivity index (χ3n) is 5.11. The maximum atomic E-state index is 12.2. The first kappa shape index (κ1) is 14.5. The van der Waals surface area contributed by atoms with Gasteiger partial charge in [-0.2, -0.15) is 0 Å². The van der Waals surface area contributed by atoms with Crippen LogP contribution in [0.4, 0.5) is 0 Å². The summed E-state index contributed by atoms with van der Waals surface area (Å²) in [6.45, 7) is 4.68. The predicted molar refractivity (Wildman–Crippen MR) is 86.5 cm³/mol. The highest BCUT2D eigenvalue weighted by molar-refractivity contribution is 8.01. The second-order valence-electron chi connectivity index (χ2n) is 7.00. The third kappa shape index (κ3) is 2.76. The lowest BCUT2D eigenvalue weighted by Gasteiger charge is -2.47. The van der Waals surface area contributed by atoms with E-state index in [1.54, 1.807) is 12.4 Å².